The molecule has 0 aromatic carbocycles. The first-order valence-corrected chi connectivity index (χ1v) is 13.4. The van der Waals surface area contributed by atoms with E-state index in [0.717, 1.165) is 60.8 Å². The van der Waals surface area contributed by atoms with E-state index in [1.54, 1.807) is 6.20 Å². The van der Waals surface area contributed by atoms with Crippen LogP contribution in [-0.2, 0) is 6.54 Å². The lowest BCUT2D eigenvalue weighted by molar-refractivity contribution is -0.151. The monoisotopic (exact) mass is 437 g/mol. The van der Waals surface area contributed by atoms with Gasteiger partial charge in [0.05, 0.1) is 17.4 Å². The fourth-order valence-electron chi connectivity index (χ4n) is 9.69. The maximum atomic E-state index is 10.7. The van der Waals surface area contributed by atoms with Crippen molar-refractivity contribution in [3.63, 3.8) is 0 Å². The van der Waals surface area contributed by atoms with Gasteiger partial charge in [0.25, 0.3) is 0 Å². The highest BCUT2D eigenvalue weighted by atomic mass is 16.3. The highest BCUT2D eigenvalue weighted by molar-refractivity contribution is 5.21. The van der Waals surface area contributed by atoms with E-state index in [-0.39, 0.29) is 0 Å². The Morgan fingerprint density at radius 2 is 1.91 bits per heavy atom. The van der Waals surface area contributed by atoms with Gasteiger partial charge in [0.15, 0.2) is 0 Å². The number of rotatable bonds is 3. The second kappa shape index (κ2) is 8.15. The van der Waals surface area contributed by atoms with Crippen molar-refractivity contribution >= 4 is 0 Å². The van der Waals surface area contributed by atoms with Crippen LogP contribution in [0.1, 0.15) is 91.0 Å². The van der Waals surface area contributed by atoms with Gasteiger partial charge in [0, 0.05) is 12.7 Å². The zero-order chi connectivity index (χ0) is 22.7. The maximum Gasteiger partial charge on any atom is 0.102 e. The lowest BCUT2D eigenvalue weighted by Crippen LogP contribution is -2.56. The standard InChI is InChI=1S/C28H43N3O/c1-18-5-8-25(19(2)16-31-17-20(14-29)15-30-31)28(4)12-10-23-22-9-11-27(3,32)13-21(22)6-7-24(23)26(18)28/h15,17-19,21-26,32H,5-13,16H2,1-4H3/t18-,19?,21-,22+,23-,24-,25-,26+,27-,28-/m1/s1. The molecule has 1 N–H and O–H groups in total. The first-order chi connectivity index (χ1) is 15.2. The van der Waals surface area contributed by atoms with Gasteiger partial charge in [-0.1, -0.05) is 27.2 Å². The smallest absolute Gasteiger partial charge is 0.102 e. The summed E-state index contributed by atoms with van der Waals surface area (Å²) in [5, 5.41) is 24.3. The van der Waals surface area contributed by atoms with E-state index in [1.807, 2.05) is 10.9 Å². The Balaban J connectivity index is 1.36. The largest absolute Gasteiger partial charge is 0.390 e. The van der Waals surface area contributed by atoms with Gasteiger partial charge < -0.3 is 5.11 Å². The highest BCUT2D eigenvalue weighted by Crippen LogP contribution is 2.65. The van der Waals surface area contributed by atoms with Crippen LogP contribution in [0.5, 0.6) is 0 Å². The van der Waals surface area contributed by atoms with E-state index in [1.165, 1.54) is 44.9 Å². The summed E-state index contributed by atoms with van der Waals surface area (Å²) >= 11 is 0. The number of nitriles is 1. The van der Waals surface area contributed by atoms with Crippen LogP contribution in [0, 0.1) is 64.1 Å². The van der Waals surface area contributed by atoms with Crippen LogP contribution in [0.25, 0.3) is 0 Å². The second-order valence-electron chi connectivity index (χ2n) is 12.8. The molecule has 1 unspecified atom stereocenters. The van der Waals surface area contributed by atoms with Crippen LogP contribution in [0.3, 0.4) is 0 Å². The van der Waals surface area contributed by atoms with Crippen LogP contribution in [0.4, 0.5) is 0 Å². The first-order valence-electron chi connectivity index (χ1n) is 13.4. The van der Waals surface area contributed by atoms with Gasteiger partial charge in [0.1, 0.15) is 6.07 Å². The number of aromatic nitrogens is 2. The highest BCUT2D eigenvalue weighted by Gasteiger charge is 2.58. The quantitative estimate of drug-likeness (QED) is 0.626. The Morgan fingerprint density at radius 3 is 2.66 bits per heavy atom. The maximum absolute atomic E-state index is 10.7. The molecule has 4 heteroatoms. The minimum absolute atomic E-state index is 0.423. The molecule has 0 saturated heterocycles. The van der Waals surface area contributed by atoms with Crippen molar-refractivity contribution in [2.45, 2.75) is 97.6 Å². The zero-order valence-electron chi connectivity index (χ0n) is 20.6. The molecule has 4 saturated carbocycles. The molecule has 1 aromatic heterocycles. The molecular formula is C28H43N3O. The molecule has 0 spiro atoms. The van der Waals surface area contributed by atoms with Crippen LogP contribution in [0.15, 0.2) is 12.4 Å². The normalized spacial score (nSPS) is 46.9. The van der Waals surface area contributed by atoms with Crippen LogP contribution < -0.4 is 0 Å². The molecule has 4 fully saturated rings. The van der Waals surface area contributed by atoms with Crippen molar-refractivity contribution in [1.82, 2.24) is 9.78 Å². The summed E-state index contributed by atoms with van der Waals surface area (Å²) in [5.41, 5.74) is 0.673. The molecule has 4 aliphatic rings. The van der Waals surface area contributed by atoms with E-state index < -0.39 is 5.60 Å². The van der Waals surface area contributed by atoms with Crippen molar-refractivity contribution in [2.75, 3.05) is 0 Å². The molecule has 4 nitrogen and oxygen atoms in total. The lowest BCUT2D eigenvalue weighted by Gasteiger charge is -2.63. The Kier molecular flexibility index (Phi) is 5.72. The van der Waals surface area contributed by atoms with E-state index in [9.17, 15) is 5.11 Å². The lowest BCUT2D eigenvalue weighted by atomic mass is 9.42. The van der Waals surface area contributed by atoms with E-state index in [0.29, 0.717) is 16.9 Å². The van der Waals surface area contributed by atoms with Crippen molar-refractivity contribution in [1.29, 1.82) is 5.26 Å². The first kappa shape index (κ1) is 22.5. The minimum atomic E-state index is -0.423. The number of hydrogen-bond acceptors (Lipinski definition) is 3. The van der Waals surface area contributed by atoms with Gasteiger partial charge >= 0.3 is 0 Å². The second-order valence-corrected chi connectivity index (χ2v) is 12.8. The van der Waals surface area contributed by atoms with Crippen LogP contribution in [0.2, 0.25) is 0 Å². The van der Waals surface area contributed by atoms with Crippen LogP contribution >= 0.6 is 0 Å². The average molecular weight is 438 g/mol. The summed E-state index contributed by atoms with van der Waals surface area (Å²) in [4.78, 5) is 0. The zero-order valence-corrected chi connectivity index (χ0v) is 20.6. The van der Waals surface area contributed by atoms with E-state index in [4.69, 9.17) is 5.26 Å². The van der Waals surface area contributed by atoms with Gasteiger partial charge in [0.2, 0.25) is 0 Å². The Hall–Kier alpha value is -1.34. The summed E-state index contributed by atoms with van der Waals surface area (Å²) in [5.74, 6) is 6.39. The van der Waals surface area contributed by atoms with Gasteiger partial charge in [-0.2, -0.15) is 10.4 Å². The molecule has 10 atom stereocenters. The van der Waals surface area contributed by atoms with Gasteiger partial charge in [-0.25, -0.2) is 0 Å². The summed E-state index contributed by atoms with van der Waals surface area (Å²) in [6.07, 6.45) is 15.1. The molecule has 5 rings (SSSR count). The summed E-state index contributed by atoms with van der Waals surface area (Å²) in [7, 11) is 0. The molecule has 176 valence electrons. The SMILES string of the molecule is CC(Cn1cc(C#N)cn1)[C@H]1CC[C@@H](C)[C@H]2[C@@H]3CC[C@@H]4C[C@](C)(O)CC[C@@H]4[C@H]3CC[C@@]21C. The van der Waals surface area contributed by atoms with Crippen molar-refractivity contribution in [2.24, 2.45) is 52.8 Å². The van der Waals surface area contributed by atoms with Gasteiger partial charge in [-0.3, -0.25) is 4.68 Å². The molecule has 1 heterocycles. The molecule has 32 heavy (non-hydrogen) atoms. The van der Waals surface area contributed by atoms with Crippen molar-refractivity contribution in [3.05, 3.63) is 18.0 Å². The molecule has 4 aliphatic carbocycles. The topological polar surface area (TPSA) is 61.8 Å². The molecule has 0 bridgehead atoms. The minimum Gasteiger partial charge on any atom is -0.390 e. The Bertz CT molecular complexity index is 868. The third-order valence-corrected chi connectivity index (χ3v) is 10.9. The van der Waals surface area contributed by atoms with E-state index >= 15 is 0 Å². The fourth-order valence-corrected chi connectivity index (χ4v) is 9.69. The Labute approximate surface area is 194 Å². The summed E-state index contributed by atoms with van der Waals surface area (Å²) in [6.45, 7) is 10.6. The molecule has 0 radical (unpaired) electrons. The molecule has 0 aliphatic heterocycles. The number of nitrogens with zero attached hydrogens (tertiary/aromatic N) is 3. The predicted molar refractivity (Wildman–Crippen MR) is 126 cm³/mol. The Morgan fingerprint density at radius 1 is 1.12 bits per heavy atom. The number of aliphatic hydroxyl groups is 1. The number of fused-ring (bicyclic) bond motifs is 5. The summed E-state index contributed by atoms with van der Waals surface area (Å²) < 4.78 is 2.00. The van der Waals surface area contributed by atoms with Gasteiger partial charge in [-0.15, -0.1) is 0 Å². The number of hydrogen-bond donors (Lipinski definition) is 1. The van der Waals surface area contributed by atoms with Gasteiger partial charge in [-0.05, 0) is 111 Å². The third-order valence-electron chi connectivity index (χ3n) is 10.9. The summed E-state index contributed by atoms with van der Waals surface area (Å²) in [6, 6.07) is 2.22. The van der Waals surface area contributed by atoms with E-state index in [2.05, 4.69) is 38.9 Å². The third kappa shape index (κ3) is 3.73. The molecule has 0 amide bonds. The fraction of sp³-hybridized carbons (Fsp3) is 0.857. The van der Waals surface area contributed by atoms with Crippen molar-refractivity contribution < 1.29 is 5.11 Å². The molecular weight excluding hydrogens is 394 g/mol. The van der Waals surface area contributed by atoms with Crippen LogP contribution in [-0.4, -0.2) is 20.5 Å². The van der Waals surface area contributed by atoms with Crippen molar-refractivity contribution in [3.8, 4) is 6.07 Å². The predicted octanol–water partition coefficient (Wildman–Crippen LogP) is 6.05. The molecule has 1 aromatic rings. The average Bonchev–Trinajstić information content (AvgIpc) is 3.19.